The molecule has 2 rings (SSSR count). The third-order valence-electron chi connectivity index (χ3n) is 2.28. The lowest BCUT2D eigenvalue weighted by Crippen LogP contribution is -2.04. The molecule has 18 heavy (non-hydrogen) atoms. The van der Waals surface area contributed by atoms with E-state index in [1.165, 1.54) is 6.07 Å². The second kappa shape index (κ2) is 5.54. The van der Waals surface area contributed by atoms with Crippen LogP contribution >= 0.6 is 11.3 Å². The molecule has 0 aromatic carbocycles. The molecule has 0 atom stereocenters. The molecule has 0 saturated heterocycles. The second-order valence-corrected chi connectivity index (χ2v) is 4.50. The van der Waals surface area contributed by atoms with Crippen LogP contribution in [0.15, 0.2) is 23.8 Å². The molecule has 0 bridgehead atoms. The van der Waals surface area contributed by atoms with E-state index in [1.807, 2.05) is 0 Å². The summed E-state index contributed by atoms with van der Waals surface area (Å²) in [6.45, 7) is 2.84. The van der Waals surface area contributed by atoms with Crippen molar-refractivity contribution in [2.45, 2.75) is 13.3 Å². The molecule has 6 nitrogen and oxygen atoms in total. The van der Waals surface area contributed by atoms with Crippen LogP contribution in [-0.4, -0.2) is 21.4 Å². The van der Waals surface area contributed by atoms with Crippen molar-refractivity contribution >= 4 is 22.2 Å². The molecule has 1 N–H and O–H groups in total. The van der Waals surface area contributed by atoms with Crippen LogP contribution < -0.4 is 5.32 Å². The first-order valence-corrected chi connectivity index (χ1v) is 6.38. The Morgan fingerprint density at radius 1 is 1.44 bits per heavy atom. The summed E-state index contributed by atoms with van der Waals surface area (Å²) in [5.41, 5.74) is 1.37. The van der Waals surface area contributed by atoms with Crippen LogP contribution in [0.25, 0.3) is 11.3 Å². The topological polar surface area (TPSA) is 81.0 Å². The average Bonchev–Trinajstić information content (AvgIpc) is 2.86. The van der Waals surface area contributed by atoms with Gasteiger partial charge in [-0.1, -0.05) is 18.3 Å². The summed E-state index contributed by atoms with van der Waals surface area (Å²) in [4.78, 5) is 18.7. The number of nitro groups is 1. The van der Waals surface area contributed by atoms with Gasteiger partial charge in [0, 0.05) is 35.9 Å². The van der Waals surface area contributed by atoms with E-state index in [1.54, 1.807) is 17.8 Å². The molecule has 2 heterocycles. The summed E-state index contributed by atoms with van der Waals surface area (Å²) < 4.78 is 0. The number of thiophene rings is 1. The Morgan fingerprint density at radius 2 is 2.22 bits per heavy atom. The van der Waals surface area contributed by atoms with Gasteiger partial charge in [0.05, 0.1) is 4.92 Å². The predicted octanol–water partition coefficient (Wildman–Crippen LogP) is 2.94. The van der Waals surface area contributed by atoms with E-state index >= 15 is 0 Å². The zero-order chi connectivity index (χ0) is 13.0. The Labute approximate surface area is 108 Å². The Morgan fingerprint density at radius 3 is 2.89 bits per heavy atom. The summed E-state index contributed by atoms with van der Waals surface area (Å²) in [6.07, 6.45) is 4.15. The Balaban J connectivity index is 2.33. The first-order valence-electron chi connectivity index (χ1n) is 5.50. The van der Waals surface area contributed by atoms with Gasteiger partial charge in [-0.05, 0) is 6.42 Å². The molecule has 0 amide bonds. The zero-order valence-corrected chi connectivity index (χ0v) is 10.6. The zero-order valence-electron chi connectivity index (χ0n) is 9.79. The van der Waals surface area contributed by atoms with Crippen LogP contribution in [0.1, 0.15) is 13.3 Å². The molecule has 0 aliphatic rings. The van der Waals surface area contributed by atoms with E-state index in [4.69, 9.17) is 0 Å². The summed E-state index contributed by atoms with van der Waals surface area (Å²) in [6, 6.07) is 1.52. The Kier molecular flexibility index (Phi) is 3.83. The third kappa shape index (κ3) is 2.62. The highest BCUT2D eigenvalue weighted by Crippen LogP contribution is 2.32. The minimum absolute atomic E-state index is 0.108. The fourth-order valence-corrected chi connectivity index (χ4v) is 2.18. The van der Waals surface area contributed by atoms with Gasteiger partial charge < -0.3 is 5.32 Å². The monoisotopic (exact) mass is 264 g/mol. The predicted molar refractivity (Wildman–Crippen MR) is 70.8 cm³/mol. The fraction of sp³-hybridized carbons (Fsp3) is 0.273. The molecule has 0 saturated carbocycles. The molecule has 2 aromatic rings. The van der Waals surface area contributed by atoms with Gasteiger partial charge in [0.15, 0.2) is 5.82 Å². The molecule has 0 unspecified atom stereocenters. The number of nitrogens with one attached hydrogen (secondary N) is 1. The highest BCUT2D eigenvalue weighted by atomic mass is 32.1. The highest BCUT2D eigenvalue weighted by molar-refractivity contribution is 7.13. The molecule has 0 aliphatic heterocycles. The van der Waals surface area contributed by atoms with Crippen molar-refractivity contribution in [1.82, 2.24) is 9.97 Å². The second-order valence-electron chi connectivity index (χ2n) is 3.61. The van der Waals surface area contributed by atoms with E-state index in [2.05, 4.69) is 22.2 Å². The van der Waals surface area contributed by atoms with Gasteiger partial charge >= 0.3 is 5.00 Å². The van der Waals surface area contributed by atoms with E-state index in [-0.39, 0.29) is 5.00 Å². The number of aromatic nitrogens is 2. The van der Waals surface area contributed by atoms with Crippen molar-refractivity contribution in [2.75, 3.05) is 11.9 Å². The van der Waals surface area contributed by atoms with Crippen molar-refractivity contribution in [3.05, 3.63) is 34.0 Å². The SMILES string of the molecule is CCCNc1nccnc1-c1csc([N+](=O)[O-])c1. The molecule has 0 fully saturated rings. The van der Waals surface area contributed by atoms with Crippen LogP contribution in [0.5, 0.6) is 0 Å². The summed E-state index contributed by atoms with van der Waals surface area (Å²) in [5.74, 6) is 0.659. The van der Waals surface area contributed by atoms with Gasteiger partial charge in [-0.25, -0.2) is 4.98 Å². The first-order chi connectivity index (χ1) is 8.72. The van der Waals surface area contributed by atoms with Crippen molar-refractivity contribution in [3.63, 3.8) is 0 Å². The van der Waals surface area contributed by atoms with Gasteiger partial charge in [0.25, 0.3) is 0 Å². The van der Waals surface area contributed by atoms with Crippen molar-refractivity contribution in [3.8, 4) is 11.3 Å². The molecule has 94 valence electrons. The maximum atomic E-state index is 10.7. The smallest absolute Gasteiger partial charge is 0.324 e. The summed E-state index contributed by atoms with van der Waals surface area (Å²) in [7, 11) is 0. The van der Waals surface area contributed by atoms with Gasteiger partial charge in [0.2, 0.25) is 0 Å². The number of hydrogen-bond donors (Lipinski definition) is 1. The molecular weight excluding hydrogens is 252 g/mol. The molecule has 0 spiro atoms. The Bertz CT molecular complexity index is 555. The van der Waals surface area contributed by atoms with Crippen LogP contribution in [0.3, 0.4) is 0 Å². The van der Waals surface area contributed by atoms with Gasteiger partial charge in [-0.2, -0.15) is 0 Å². The van der Waals surface area contributed by atoms with Gasteiger partial charge in [-0.15, -0.1) is 0 Å². The first kappa shape index (κ1) is 12.4. The van der Waals surface area contributed by atoms with E-state index in [0.717, 1.165) is 29.9 Å². The van der Waals surface area contributed by atoms with Gasteiger partial charge in [0.1, 0.15) is 5.69 Å². The minimum Gasteiger partial charge on any atom is -0.368 e. The fourth-order valence-electron chi connectivity index (χ4n) is 1.47. The number of anilines is 1. The third-order valence-corrected chi connectivity index (χ3v) is 3.16. The van der Waals surface area contributed by atoms with Crippen molar-refractivity contribution < 1.29 is 4.92 Å². The largest absolute Gasteiger partial charge is 0.368 e. The number of nitrogens with zero attached hydrogens (tertiary/aromatic N) is 3. The maximum absolute atomic E-state index is 10.7. The molecule has 2 aromatic heterocycles. The highest BCUT2D eigenvalue weighted by Gasteiger charge is 2.14. The lowest BCUT2D eigenvalue weighted by molar-refractivity contribution is -0.380. The standard InChI is InChI=1S/C11H12N4O2S/c1-2-3-13-11-10(12-4-5-14-11)8-6-9(15(16)17)18-7-8/h4-7H,2-3H2,1H3,(H,13,14). The minimum atomic E-state index is -0.399. The van der Waals surface area contributed by atoms with Crippen LogP contribution in [0, 0.1) is 10.1 Å². The molecule has 0 radical (unpaired) electrons. The normalized spacial score (nSPS) is 10.3. The van der Waals surface area contributed by atoms with E-state index in [0.29, 0.717) is 11.5 Å². The number of hydrogen-bond acceptors (Lipinski definition) is 6. The van der Waals surface area contributed by atoms with Crippen LogP contribution in [-0.2, 0) is 0 Å². The van der Waals surface area contributed by atoms with Crippen LogP contribution in [0.2, 0.25) is 0 Å². The lowest BCUT2D eigenvalue weighted by atomic mass is 10.2. The molecule has 7 heteroatoms. The average molecular weight is 264 g/mol. The summed E-state index contributed by atoms with van der Waals surface area (Å²) in [5, 5.41) is 15.7. The summed E-state index contributed by atoms with van der Waals surface area (Å²) >= 11 is 1.09. The van der Waals surface area contributed by atoms with Gasteiger partial charge in [-0.3, -0.25) is 15.1 Å². The molecule has 0 aliphatic carbocycles. The van der Waals surface area contributed by atoms with Crippen LogP contribution in [0.4, 0.5) is 10.8 Å². The Hall–Kier alpha value is -2.02. The van der Waals surface area contributed by atoms with Crippen molar-refractivity contribution in [1.29, 1.82) is 0 Å². The molecular formula is C11H12N4O2S. The maximum Gasteiger partial charge on any atom is 0.324 e. The van der Waals surface area contributed by atoms with E-state index < -0.39 is 4.92 Å². The quantitative estimate of drug-likeness (QED) is 0.663. The lowest BCUT2D eigenvalue weighted by Gasteiger charge is -2.07. The number of rotatable bonds is 5. The van der Waals surface area contributed by atoms with Crippen molar-refractivity contribution in [2.24, 2.45) is 0 Å². The van der Waals surface area contributed by atoms with E-state index in [9.17, 15) is 10.1 Å².